The Hall–Kier alpha value is -0.610. The van der Waals surface area contributed by atoms with Crippen molar-refractivity contribution in [2.24, 2.45) is 11.8 Å². The van der Waals surface area contributed by atoms with Crippen LogP contribution in [0.1, 0.15) is 46.0 Å². The number of nitrogens with zero attached hydrogens (tertiary/aromatic N) is 1. The van der Waals surface area contributed by atoms with Crippen LogP contribution in [-0.2, 0) is 9.53 Å². The molecular formula is C16H30N2O2. The summed E-state index contributed by atoms with van der Waals surface area (Å²) in [5.74, 6) is 1.48. The first kappa shape index (κ1) is 15.8. The zero-order valence-corrected chi connectivity index (χ0v) is 13.1. The highest BCUT2D eigenvalue weighted by molar-refractivity contribution is 5.76. The lowest BCUT2D eigenvalue weighted by Crippen LogP contribution is -2.44. The van der Waals surface area contributed by atoms with E-state index in [-0.39, 0.29) is 6.10 Å². The van der Waals surface area contributed by atoms with Gasteiger partial charge in [0.25, 0.3) is 0 Å². The van der Waals surface area contributed by atoms with Crippen molar-refractivity contribution >= 4 is 5.91 Å². The van der Waals surface area contributed by atoms with Crippen molar-refractivity contribution in [3.63, 3.8) is 0 Å². The van der Waals surface area contributed by atoms with Gasteiger partial charge in [0.05, 0.1) is 6.10 Å². The second-order valence-electron chi connectivity index (χ2n) is 6.35. The van der Waals surface area contributed by atoms with Crippen molar-refractivity contribution < 1.29 is 9.53 Å². The Balaban J connectivity index is 1.78. The zero-order valence-electron chi connectivity index (χ0n) is 13.1. The number of likely N-dealkylation sites (tertiary alicyclic amines) is 1. The summed E-state index contributed by atoms with van der Waals surface area (Å²) in [5, 5.41) is 3.45. The Kier molecular flexibility index (Phi) is 6.30. The smallest absolute Gasteiger partial charge is 0.222 e. The molecule has 2 fully saturated rings. The lowest BCUT2D eigenvalue weighted by atomic mass is 9.85. The molecule has 2 aliphatic heterocycles. The van der Waals surface area contributed by atoms with Crippen molar-refractivity contribution in [1.82, 2.24) is 10.2 Å². The van der Waals surface area contributed by atoms with Crippen LogP contribution >= 0.6 is 0 Å². The fraction of sp³-hybridized carbons (Fsp3) is 0.938. The van der Waals surface area contributed by atoms with Crippen LogP contribution in [0.3, 0.4) is 0 Å². The summed E-state index contributed by atoms with van der Waals surface area (Å²) >= 11 is 0. The molecule has 2 heterocycles. The molecule has 4 heteroatoms. The van der Waals surface area contributed by atoms with E-state index in [2.05, 4.69) is 12.2 Å². The van der Waals surface area contributed by atoms with Crippen LogP contribution in [0.2, 0.25) is 0 Å². The highest BCUT2D eigenvalue weighted by atomic mass is 16.5. The van der Waals surface area contributed by atoms with Crippen LogP contribution in [0.4, 0.5) is 0 Å². The first-order valence-electron chi connectivity index (χ1n) is 8.30. The largest absolute Gasteiger partial charge is 0.377 e. The van der Waals surface area contributed by atoms with Gasteiger partial charge < -0.3 is 15.0 Å². The molecule has 0 spiro atoms. The third kappa shape index (κ3) is 4.45. The van der Waals surface area contributed by atoms with Gasteiger partial charge in [0.2, 0.25) is 5.91 Å². The Bertz CT molecular complexity index is 301. The first-order chi connectivity index (χ1) is 9.70. The standard InChI is InChI=1S/C16H30N2O2/c1-3-20-15-7-5-9-18(12-15)16(19)10-13(2)14-6-4-8-17-11-14/h13-15,17H,3-12H2,1-2H3. The molecule has 0 radical (unpaired) electrons. The van der Waals surface area contributed by atoms with E-state index in [1.165, 1.54) is 12.8 Å². The number of nitrogens with one attached hydrogen (secondary N) is 1. The van der Waals surface area contributed by atoms with E-state index in [1.54, 1.807) is 0 Å². The molecule has 2 saturated heterocycles. The number of rotatable bonds is 5. The van der Waals surface area contributed by atoms with Crippen molar-refractivity contribution in [3.05, 3.63) is 0 Å². The fourth-order valence-corrected chi connectivity index (χ4v) is 3.47. The number of carbonyl (C=O) groups excluding carboxylic acids is 1. The van der Waals surface area contributed by atoms with Gasteiger partial charge in [0, 0.05) is 26.1 Å². The molecule has 0 aromatic rings. The highest BCUT2D eigenvalue weighted by Gasteiger charge is 2.27. The molecule has 3 atom stereocenters. The molecule has 0 aromatic carbocycles. The maximum atomic E-state index is 12.5. The van der Waals surface area contributed by atoms with Crippen LogP contribution < -0.4 is 5.32 Å². The van der Waals surface area contributed by atoms with Crippen molar-refractivity contribution in [2.45, 2.75) is 52.1 Å². The predicted octanol–water partition coefficient (Wildman–Crippen LogP) is 2.04. The minimum Gasteiger partial charge on any atom is -0.377 e. The van der Waals surface area contributed by atoms with Gasteiger partial charge >= 0.3 is 0 Å². The van der Waals surface area contributed by atoms with Gasteiger partial charge in [-0.1, -0.05) is 6.92 Å². The van der Waals surface area contributed by atoms with E-state index in [0.717, 1.165) is 45.6 Å². The third-order valence-corrected chi connectivity index (χ3v) is 4.77. The maximum Gasteiger partial charge on any atom is 0.222 e. The molecule has 20 heavy (non-hydrogen) atoms. The van der Waals surface area contributed by atoms with E-state index in [9.17, 15) is 4.79 Å². The maximum absolute atomic E-state index is 12.5. The number of carbonyl (C=O) groups is 1. The monoisotopic (exact) mass is 282 g/mol. The molecule has 116 valence electrons. The molecule has 1 N–H and O–H groups in total. The van der Waals surface area contributed by atoms with Crippen molar-refractivity contribution in [3.8, 4) is 0 Å². The Morgan fingerprint density at radius 1 is 1.40 bits per heavy atom. The number of hydrogen-bond donors (Lipinski definition) is 1. The average Bonchev–Trinajstić information content (AvgIpc) is 2.48. The van der Waals surface area contributed by atoms with Gasteiger partial charge in [0.15, 0.2) is 0 Å². The third-order valence-electron chi connectivity index (χ3n) is 4.77. The lowest BCUT2D eigenvalue weighted by molar-refractivity contribution is -0.136. The molecule has 0 saturated carbocycles. The molecule has 4 nitrogen and oxygen atoms in total. The molecule has 2 aliphatic rings. The minimum atomic E-state index is 0.254. The molecule has 0 aromatic heterocycles. The van der Waals surface area contributed by atoms with Gasteiger partial charge in [-0.3, -0.25) is 4.79 Å². The molecule has 2 rings (SSSR count). The Morgan fingerprint density at radius 3 is 2.95 bits per heavy atom. The Labute approximate surface area is 123 Å². The summed E-state index contributed by atoms with van der Waals surface area (Å²) in [6, 6.07) is 0. The van der Waals surface area contributed by atoms with E-state index in [0.29, 0.717) is 24.2 Å². The number of ether oxygens (including phenoxy) is 1. The summed E-state index contributed by atoms with van der Waals surface area (Å²) in [6.45, 7) is 8.94. The van der Waals surface area contributed by atoms with Crippen LogP contribution in [-0.4, -0.2) is 49.7 Å². The van der Waals surface area contributed by atoms with Gasteiger partial charge in [-0.2, -0.15) is 0 Å². The second-order valence-corrected chi connectivity index (χ2v) is 6.35. The van der Waals surface area contributed by atoms with E-state index in [1.807, 2.05) is 11.8 Å². The summed E-state index contributed by atoms with van der Waals surface area (Å²) in [6.07, 6.45) is 5.65. The quantitative estimate of drug-likeness (QED) is 0.839. The van der Waals surface area contributed by atoms with Gasteiger partial charge in [-0.25, -0.2) is 0 Å². The number of amides is 1. The van der Waals surface area contributed by atoms with Crippen molar-refractivity contribution in [2.75, 3.05) is 32.8 Å². The Morgan fingerprint density at radius 2 is 2.25 bits per heavy atom. The van der Waals surface area contributed by atoms with E-state index < -0.39 is 0 Å². The molecule has 3 unspecified atom stereocenters. The highest BCUT2D eigenvalue weighted by Crippen LogP contribution is 2.24. The van der Waals surface area contributed by atoms with Gasteiger partial charge in [-0.05, 0) is 57.5 Å². The molecule has 0 aliphatic carbocycles. The summed E-state index contributed by atoms with van der Waals surface area (Å²) in [7, 11) is 0. The molecule has 0 bridgehead atoms. The SMILES string of the molecule is CCOC1CCCN(C(=O)CC(C)C2CCCNC2)C1. The second kappa shape index (κ2) is 7.99. The van der Waals surface area contributed by atoms with Crippen LogP contribution in [0, 0.1) is 11.8 Å². The number of piperidine rings is 2. The topological polar surface area (TPSA) is 41.6 Å². The molecule has 1 amide bonds. The fourth-order valence-electron chi connectivity index (χ4n) is 3.47. The zero-order chi connectivity index (χ0) is 14.4. The summed E-state index contributed by atoms with van der Waals surface area (Å²) in [4.78, 5) is 14.5. The molecular weight excluding hydrogens is 252 g/mol. The van der Waals surface area contributed by atoms with E-state index >= 15 is 0 Å². The van der Waals surface area contributed by atoms with E-state index in [4.69, 9.17) is 4.74 Å². The lowest BCUT2D eigenvalue weighted by Gasteiger charge is -2.34. The summed E-state index contributed by atoms with van der Waals surface area (Å²) < 4.78 is 5.68. The number of hydrogen-bond acceptors (Lipinski definition) is 3. The average molecular weight is 282 g/mol. The first-order valence-corrected chi connectivity index (χ1v) is 8.30. The normalized spacial score (nSPS) is 29.2. The van der Waals surface area contributed by atoms with Crippen LogP contribution in [0.25, 0.3) is 0 Å². The minimum absolute atomic E-state index is 0.254. The van der Waals surface area contributed by atoms with Gasteiger partial charge in [0.1, 0.15) is 0 Å². The summed E-state index contributed by atoms with van der Waals surface area (Å²) in [5.41, 5.74) is 0. The van der Waals surface area contributed by atoms with Crippen molar-refractivity contribution in [1.29, 1.82) is 0 Å². The predicted molar refractivity (Wildman–Crippen MR) is 80.6 cm³/mol. The van der Waals surface area contributed by atoms with Crippen LogP contribution in [0.5, 0.6) is 0 Å². The van der Waals surface area contributed by atoms with Crippen LogP contribution in [0.15, 0.2) is 0 Å². The van der Waals surface area contributed by atoms with Gasteiger partial charge in [-0.15, -0.1) is 0 Å².